The average Bonchev–Trinajstić information content (AvgIpc) is 3.24. The number of rotatable bonds is 5. The number of carbonyl (C=O) groups excluding carboxylic acids is 2. The van der Waals surface area contributed by atoms with Gasteiger partial charge in [-0.15, -0.1) is 11.3 Å². The fraction of sp³-hybridized carbons (Fsp3) is 0.647. The molecule has 2 heterocycles. The van der Waals surface area contributed by atoms with Gasteiger partial charge >= 0.3 is 0 Å². The number of nitrogens with one attached hydrogen (secondary N) is 2. The van der Waals surface area contributed by atoms with Crippen LogP contribution in [0.4, 0.5) is 0 Å². The lowest BCUT2D eigenvalue weighted by Gasteiger charge is -2.34. The van der Waals surface area contributed by atoms with Crippen molar-refractivity contribution >= 4 is 23.2 Å². The smallest absolute Gasteiger partial charge is 0.261 e. The van der Waals surface area contributed by atoms with E-state index in [0.717, 1.165) is 31.6 Å². The summed E-state index contributed by atoms with van der Waals surface area (Å²) in [5.41, 5.74) is 0. The van der Waals surface area contributed by atoms with E-state index in [1.54, 1.807) is 12.1 Å². The van der Waals surface area contributed by atoms with Gasteiger partial charge in [0.1, 0.15) is 6.10 Å². The van der Waals surface area contributed by atoms with Crippen LogP contribution in [-0.4, -0.2) is 43.4 Å². The molecule has 0 aromatic carbocycles. The minimum Gasteiger partial charge on any atom is -0.352 e. The summed E-state index contributed by atoms with van der Waals surface area (Å²) in [7, 11) is 0. The van der Waals surface area contributed by atoms with Crippen LogP contribution >= 0.6 is 11.3 Å². The normalized spacial score (nSPS) is 29.5. The highest BCUT2D eigenvalue weighted by Gasteiger charge is 2.43. The van der Waals surface area contributed by atoms with Gasteiger partial charge < -0.3 is 20.1 Å². The van der Waals surface area contributed by atoms with E-state index >= 15 is 0 Å². The molecule has 0 bridgehead atoms. The van der Waals surface area contributed by atoms with Gasteiger partial charge in [0.15, 0.2) is 5.79 Å². The van der Waals surface area contributed by atoms with E-state index < -0.39 is 5.79 Å². The first kappa shape index (κ1) is 17.4. The molecule has 1 spiro atoms. The molecule has 24 heavy (non-hydrogen) atoms. The summed E-state index contributed by atoms with van der Waals surface area (Å²) in [6, 6.07) is 3.53. The molecule has 1 aliphatic carbocycles. The zero-order chi connectivity index (χ0) is 17.0. The first-order valence-electron chi connectivity index (χ1n) is 8.46. The highest BCUT2D eigenvalue weighted by molar-refractivity contribution is 7.12. The molecule has 1 saturated heterocycles. The Morgan fingerprint density at radius 1 is 1.33 bits per heavy atom. The zero-order valence-electron chi connectivity index (χ0n) is 13.9. The van der Waals surface area contributed by atoms with Crippen LogP contribution in [0, 0.1) is 5.92 Å². The molecular formula is C17H24N2O4S. The van der Waals surface area contributed by atoms with Gasteiger partial charge in [-0.2, -0.15) is 0 Å². The Bertz CT molecular complexity index is 567. The van der Waals surface area contributed by atoms with Crippen LogP contribution in [0.1, 0.15) is 42.3 Å². The molecule has 132 valence electrons. The molecular weight excluding hydrogens is 328 g/mol. The molecule has 1 aromatic heterocycles. The monoisotopic (exact) mass is 352 g/mol. The maximum atomic E-state index is 11.9. The van der Waals surface area contributed by atoms with Crippen LogP contribution in [0.3, 0.4) is 0 Å². The molecule has 2 aliphatic rings. The second kappa shape index (κ2) is 7.63. The van der Waals surface area contributed by atoms with Gasteiger partial charge in [-0.1, -0.05) is 13.0 Å². The predicted octanol–water partition coefficient (Wildman–Crippen LogP) is 1.92. The Morgan fingerprint density at radius 2 is 2.12 bits per heavy atom. The van der Waals surface area contributed by atoms with Crippen LogP contribution in [0.2, 0.25) is 0 Å². The third-order valence-electron chi connectivity index (χ3n) is 4.63. The van der Waals surface area contributed by atoms with E-state index in [-0.39, 0.29) is 24.5 Å². The van der Waals surface area contributed by atoms with E-state index in [9.17, 15) is 9.59 Å². The van der Waals surface area contributed by atoms with E-state index in [1.807, 2.05) is 5.38 Å². The molecule has 0 radical (unpaired) electrons. The largest absolute Gasteiger partial charge is 0.352 e. The van der Waals surface area contributed by atoms with E-state index in [4.69, 9.17) is 9.47 Å². The summed E-state index contributed by atoms with van der Waals surface area (Å²) in [6.07, 6.45) is 3.97. The molecule has 7 heteroatoms. The molecule has 3 rings (SSSR count). The molecule has 1 saturated carbocycles. The van der Waals surface area contributed by atoms with Gasteiger partial charge in [0.25, 0.3) is 5.91 Å². The van der Waals surface area contributed by atoms with Crippen LogP contribution in [0.15, 0.2) is 17.5 Å². The second-order valence-electron chi connectivity index (χ2n) is 6.61. The van der Waals surface area contributed by atoms with Gasteiger partial charge in [0, 0.05) is 19.4 Å². The van der Waals surface area contributed by atoms with Crippen LogP contribution < -0.4 is 10.6 Å². The molecule has 6 nitrogen and oxygen atoms in total. The molecule has 1 aromatic rings. The lowest BCUT2D eigenvalue weighted by atomic mass is 9.86. The van der Waals surface area contributed by atoms with Crippen molar-refractivity contribution in [3.63, 3.8) is 0 Å². The van der Waals surface area contributed by atoms with Crippen molar-refractivity contribution in [3.05, 3.63) is 22.4 Å². The van der Waals surface area contributed by atoms with Gasteiger partial charge in [0.05, 0.1) is 18.0 Å². The second-order valence-corrected chi connectivity index (χ2v) is 7.56. The van der Waals surface area contributed by atoms with Crippen LogP contribution in [0.5, 0.6) is 0 Å². The van der Waals surface area contributed by atoms with Gasteiger partial charge in [0.2, 0.25) is 5.91 Å². The lowest BCUT2D eigenvalue weighted by molar-refractivity contribution is -0.191. The number of ether oxygens (including phenoxy) is 2. The first-order chi connectivity index (χ1) is 11.6. The summed E-state index contributed by atoms with van der Waals surface area (Å²) in [5, 5.41) is 7.24. The molecule has 2 fully saturated rings. The summed E-state index contributed by atoms with van der Waals surface area (Å²) < 4.78 is 11.9. The van der Waals surface area contributed by atoms with Gasteiger partial charge in [-0.05, 0) is 30.2 Å². The third kappa shape index (κ3) is 4.34. The summed E-state index contributed by atoms with van der Waals surface area (Å²) in [5.74, 6) is -0.152. The molecule has 0 unspecified atom stereocenters. The van der Waals surface area contributed by atoms with Gasteiger partial charge in [-0.3, -0.25) is 9.59 Å². The van der Waals surface area contributed by atoms with E-state index in [1.165, 1.54) is 11.3 Å². The van der Waals surface area contributed by atoms with E-state index in [0.29, 0.717) is 18.0 Å². The first-order valence-corrected chi connectivity index (χ1v) is 9.34. The number of thiophene rings is 1. The van der Waals surface area contributed by atoms with Crippen molar-refractivity contribution in [2.45, 2.75) is 44.5 Å². The fourth-order valence-electron chi connectivity index (χ4n) is 3.13. The summed E-state index contributed by atoms with van der Waals surface area (Å²) >= 11 is 1.35. The minimum atomic E-state index is -0.435. The molecule has 2 N–H and O–H groups in total. The van der Waals surface area contributed by atoms with Crippen molar-refractivity contribution in [1.82, 2.24) is 10.6 Å². The highest BCUT2D eigenvalue weighted by Crippen LogP contribution is 2.39. The number of amides is 2. The van der Waals surface area contributed by atoms with Crippen molar-refractivity contribution in [2.75, 3.05) is 19.7 Å². The van der Waals surface area contributed by atoms with Crippen LogP contribution in [0.25, 0.3) is 0 Å². The maximum absolute atomic E-state index is 11.9. The molecule has 1 aliphatic heterocycles. The minimum absolute atomic E-state index is 0.0348. The highest BCUT2D eigenvalue weighted by atomic mass is 32.1. The Balaban J connectivity index is 1.36. The SMILES string of the molecule is CC1CCC2(CC1)OC[C@@H](CNC(=O)CNC(=O)c1cccs1)O2. The lowest BCUT2D eigenvalue weighted by Crippen LogP contribution is -2.41. The van der Waals surface area contributed by atoms with Crippen molar-refractivity contribution in [3.8, 4) is 0 Å². The van der Waals surface area contributed by atoms with Crippen molar-refractivity contribution in [1.29, 1.82) is 0 Å². The Morgan fingerprint density at radius 3 is 2.83 bits per heavy atom. The number of hydrogen-bond donors (Lipinski definition) is 2. The summed E-state index contributed by atoms with van der Waals surface area (Å²) in [4.78, 5) is 24.2. The van der Waals surface area contributed by atoms with E-state index in [2.05, 4.69) is 17.6 Å². The van der Waals surface area contributed by atoms with Crippen molar-refractivity contribution < 1.29 is 19.1 Å². The molecule has 2 amide bonds. The Kier molecular flexibility index (Phi) is 5.53. The zero-order valence-corrected chi connectivity index (χ0v) is 14.7. The quantitative estimate of drug-likeness (QED) is 0.849. The van der Waals surface area contributed by atoms with Crippen molar-refractivity contribution in [2.24, 2.45) is 5.92 Å². The molecule has 1 atom stereocenters. The standard InChI is InChI=1S/C17H24N2O4S/c1-12-4-6-17(7-5-12)22-11-13(23-17)9-18-15(20)10-19-16(21)14-3-2-8-24-14/h2-3,8,12-13H,4-7,9-11H2,1H3,(H,18,20)(H,19,21)/t12?,13-,17?/m1/s1. The average molecular weight is 352 g/mol. The Hall–Kier alpha value is -1.44. The fourth-order valence-corrected chi connectivity index (χ4v) is 3.77. The number of carbonyl (C=O) groups is 2. The summed E-state index contributed by atoms with van der Waals surface area (Å²) in [6.45, 7) is 3.14. The topological polar surface area (TPSA) is 76.7 Å². The predicted molar refractivity (Wildman–Crippen MR) is 90.8 cm³/mol. The van der Waals surface area contributed by atoms with Crippen LogP contribution in [-0.2, 0) is 14.3 Å². The third-order valence-corrected chi connectivity index (χ3v) is 5.50. The Labute approximate surface area is 145 Å². The number of hydrogen-bond acceptors (Lipinski definition) is 5. The maximum Gasteiger partial charge on any atom is 0.261 e. The van der Waals surface area contributed by atoms with Gasteiger partial charge in [-0.25, -0.2) is 0 Å².